The van der Waals surface area contributed by atoms with E-state index in [4.69, 9.17) is 16.3 Å². The van der Waals surface area contributed by atoms with Crippen LogP contribution in [-0.2, 0) is 6.54 Å². The van der Waals surface area contributed by atoms with E-state index in [0.717, 1.165) is 30.0 Å². The largest absolute Gasteiger partial charge is 0.493 e. The third-order valence-corrected chi connectivity index (χ3v) is 6.01. The Bertz CT molecular complexity index is 1110. The summed E-state index contributed by atoms with van der Waals surface area (Å²) in [4.78, 5) is 12.8. The first-order valence-electron chi connectivity index (χ1n) is 11.5. The number of nitrogens with one attached hydrogen (secondary N) is 2. The van der Waals surface area contributed by atoms with E-state index in [9.17, 15) is 4.79 Å². The number of anilines is 1. The molecule has 0 spiro atoms. The van der Waals surface area contributed by atoms with E-state index < -0.39 is 0 Å². The first-order valence-corrected chi connectivity index (χ1v) is 11.9. The van der Waals surface area contributed by atoms with E-state index in [2.05, 4.69) is 29.6 Å². The Morgan fingerprint density at radius 3 is 2.68 bits per heavy atom. The van der Waals surface area contributed by atoms with Crippen molar-refractivity contribution in [1.29, 1.82) is 0 Å². The highest BCUT2D eigenvalue weighted by Gasteiger charge is 2.17. The lowest BCUT2D eigenvalue weighted by Gasteiger charge is -2.14. The minimum absolute atomic E-state index is 0. The van der Waals surface area contributed by atoms with Crippen molar-refractivity contribution in [3.63, 3.8) is 0 Å². The Morgan fingerprint density at radius 1 is 1.24 bits per heavy atom. The Morgan fingerprint density at radius 2 is 2.00 bits per heavy atom. The molecular formula is C26H32Cl2N4O2. The van der Waals surface area contributed by atoms with Crippen molar-refractivity contribution in [2.75, 3.05) is 18.5 Å². The van der Waals surface area contributed by atoms with Gasteiger partial charge in [-0.25, -0.2) is 0 Å². The highest BCUT2D eigenvalue weighted by atomic mass is 35.5. The van der Waals surface area contributed by atoms with E-state index in [1.165, 1.54) is 12.0 Å². The average Bonchev–Trinajstić information content (AvgIpc) is 3.43. The van der Waals surface area contributed by atoms with Gasteiger partial charge in [-0.1, -0.05) is 37.6 Å². The molecule has 182 valence electrons. The number of aryl methyl sites for hydroxylation is 1. The van der Waals surface area contributed by atoms with E-state index in [-0.39, 0.29) is 18.3 Å². The Hall–Kier alpha value is -2.54. The van der Waals surface area contributed by atoms with E-state index in [0.29, 0.717) is 41.5 Å². The molecule has 1 amide bonds. The van der Waals surface area contributed by atoms with Gasteiger partial charge in [0.05, 0.1) is 13.2 Å². The van der Waals surface area contributed by atoms with Crippen molar-refractivity contribution in [3.8, 4) is 5.75 Å². The lowest BCUT2D eigenvalue weighted by Crippen LogP contribution is -2.15. The summed E-state index contributed by atoms with van der Waals surface area (Å²) < 4.78 is 7.81. The van der Waals surface area contributed by atoms with Gasteiger partial charge in [-0.15, -0.1) is 12.4 Å². The molecule has 3 aromatic rings. The molecule has 2 aromatic carbocycles. The molecule has 2 heterocycles. The second kappa shape index (κ2) is 11.7. The van der Waals surface area contributed by atoms with Gasteiger partial charge in [0.25, 0.3) is 5.91 Å². The molecule has 1 unspecified atom stereocenters. The zero-order valence-electron chi connectivity index (χ0n) is 19.8. The van der Waals surface area contributed by atoms with Crippen molar-refractivity contribution in [1.82, 2.24) is 15.1 Å². The van der Waals surface area contributed by atoms with Crippen LogP contribution < -0.4 is 15.4 Å². The molecule has 0 bridgehead atoms. The summed E-state index contributed by atoms with van der Waals surface area (Å²) >= 11 is 6.23. The summed E-state index contributed by atoms with van der Waals surface area (Å²) in [6.07, 6.45) is 2.33. The van der Waals surface area contributed by atoms with Gasteiger partial charge >= 0.3 is 0 Å². The number of aromatic nitrogens is 2. The molecule has 4 rings (SSSR count). The van der Waals surface area contributed by atoms with E-state index in [1.807, 2.05) is 60.1 Å². The molecule has 1 aliphatic rings. The zero-order chi connectivity index (χ0) is 23.4. The van der Waals surface area contributed by atoms with Crippen molar-refractivity contribution in [3.05, 3.63) is 75.9 Å². The fraction of sp³-hybridized carbons (Fsp3) is 0.385. The number of amides is 1. The summed E-state index contributed by atoms with van der Waals surface area (Å²) in [7, 11) is 0. The van der Waals surface area contributed by atoms with Crippen LogP contribution in [0.2, 0.25) is 5.02 Å². The molecule has 1 aliphatic heterocycles. The molecule has 8 heteroatoms. The molecule has 34 heavy (non-hydrogen) atoms. The normalized spacial score (nSPS) is 15.3. The van der Waals surface area contributed by atoms with Crippen LogP contribution in [0.3, 0.4) is 0 Å². The van der Waals surface area contributed by atoms with Gasteiger partial charge in [0.2, 0.25) is 0 Å². The standard InChI is InChI=1S/C26H31ClN4O2.ClH/c1-17(2)16-33-24-11-10-22(27)14-21(24)15-31-18(3)13-25(30-31)29-26(32)20-8-6-19(7-9-20)23-5-4-12-28-23;/h6-11,13-14,17,23,28H,4-5,12,15-16H2,1-3H3,(H,29,30,32);1H. The van der Waals surface area contributed by atoms with Crippen LogP contribution in [0, 0.1) is 12.8 Å². The van der Waals surface area contributed by atoms with Crippen LogP contribution in [0.25, 0.3) is 0 Å². The number of nitrogens with zero attached hydrogens (tertiary/aromatic N) is 2. The third-order valence-electron chi connectivity index (χ3n) is 5.77. The average molecular weight is 503 g/mol. The molecule has 0 radical (unpaired) electrons. The number of halogens is 2. The number of ether oxygens (including phenoxy) is 1. The van der Waals surface area contributed by atoms with Gasteiger partial charge in [0, 0.05) is 34.0 Å². The first kappa shape index (κ1) is 26.1. The van der Waals surface area contributed by atoms with Gasteiger partial charge in [-0.05, 0) is 68.1 Å². The fourth-order valence-corrected chi connectivity index (χ4v) is 4.18. The second-order valence-corrected chi connectivity index (χ2v) is 9.45. The second-order valence-electron chi connectivity index (χ2n) is 9.01. The van der Waals surface area contributed by atoms with Gasteiger partial charge in [0.1, 0.15) is 5.75 Å². The zero-order valence-corrected chi connectivity index (χ0v) is 21.4. The molecule has 1 atom stereocenters. The molecule has 0 aliphatic carbocycles. The lowest BCUT2D eigenvalue weighted by atomic mass is 10.0. The van der Waals surface area contributed by atoms with Gasteiger partial charge < -0.3 is 15.4 Å². The number of hydrogen-bond donors (Lipinski definition) is 2. The Labute approximate surface area is 212 Å². The first-order chi connectivity index (χ1) is 15.9. The van der Waals surface area contributed by atoms with Crippen LogP contribution in [0.15, 0.2) is 48.5 Å². The molecule has 1 fully saturated rings. The maximum absolute atomic E-state index is 12.8. The quantitative estimate of drug-likeness (QED) is 0.394. The number of benzene rings is 2. The van der Waals surface area contributed by atoms with Gasteiger partial charge in [0.15, 0.2) is 5.82 Å². The van der Waals surface area contributed by atoms with Crippen LogP contribution in [-0.4, -0.2) is 28.8 Å². The van der Waals surface area contributed by atoms with Crippen LogP contribution >= 0.6 is 24.0 Å². The van der Waals surface area contributed by atoms with E-state index in [1.54, 1.807) is 0 Å². The maximum atomic E-state index is 12.8. The molecule has 1 saturated heterocycles. The molecule has 0 saturated carbocycles. The van der Waals surface area contributed by atoms with Crippen LogP contribution in [0.1, 0.15) is 59.9 Å². The number of rotatable bonds is 8. The van der Waals surface area contributed by atoms with Crippen molar-refractivity contribution in [2.45, 2.75) is 46.2 Å². The SMILES string of the molecule is Cc1cc(NC(=O)c2ccc(C3CCCN3)cc2)nn1Cc1cc(Cl)ccc1OCC(C)C.Cl. The summed E-state index contributed by atoms with van der Waals surface area (Å²) in [5, 5.41) is 11.6. The van der Waals surface area contributed by atoms with Gasteiger partial charge in [-0.2, -0.15) is 5.10 Å². The number of carbonyl (C=O) groups is 1. The maximum Gasteiger partial charge on any atom is 0.256 e. The molecule has 6 nitrogen and oxygen atoms in total. The predicted octanol–water partition coefficient (Wildman–Crippen LogP) is 6.03. The van der Waals surface area contributed by atoms with Crippen molar-refractivity contribution >= 4 is 35.7 Å². The molecular weight excluding hydrogens is 471 g/mol. The number of carbonyl (C=O) groups excluding carboxylic acids is 1. The van der Waals surface area contributed by atoms with Crippen LogP contribution in [0.4, 0.5) is 5.82 Å². The summed E-state index contributed by atoms with van der Waals surface area (Å²) in [5.74, 6) is 1.57. The lowest BCUT2D eigenvalue weighted by molar-refractivity contribution is 0.102. The smallest absolute Gasteiger partial charge is 0.256 e. The Balaban J connectivity index is 0.00000324. The summed E-state index contributed by atoms with van der Waals surface area (Å²) in [6, 6.07) is 15.7. The van der Waals surface area contributed by atoms with Crippen LogP contribution in [0.5, 0.6) is 5.75 Å². The number of hydrogen-bond acceptors (Lipinski definition) is 4. The van der Waals surface area contributed by atoms with E-state index >= 15 is 0 Å². The third kappa shape index (κ3) is 6.53. The molecule has 2 N–H and O–H groups in total. The monoisotopic (exact) mass is 502 g/mol. The highest BCUT2D eigenvalue weighted by Crippen LogP contribution is 2.26. The predicted molar refractivity (Wildman–Crippen MR) is 139 cm³/mol. The topological polar surface area (TPSA) is 68.2 Å². The summed E-state index contributed by atoms with van der Waals surface area (Å²) in [6.45, 7) is 8.37. The minimum atomic E-state index is -0.172. The van der Waals surface area contributed by atoms with Crippen molar-refractivity contribution < 1.29 is 9.53 Å². The van der Waals surface area contributed by atoms with Crippen molar-refractivity contribution in [2.24, 2.45) is 5.92 Å². The van der Waals surface area contributed by atoms with Gasteiger partial charge in [-0.3, -0.25) is 9.48 Å². The highest BCUT2D eigenvalue weighted by molar-refractivity contribution is 6.30. The molecule has 1 aromatic heterocycles. The summed E-state index contributed by atoms with van der Waals surface area (Å²) in [5.41, 5.74) is 3.72. The Kier molecular flexibility index (Phi) is 9.00. The minimum Gasteiger partial charge on any atom is -0.493 e. The fourth-order valence-electron chi connectivity index (χ4n) is 3.99.